The van der Waals surface area contributed by atoms with Gasteiger partial charge in [-0.25, -0.2) is 0 Å². The van der Waals surface area contributed by atoms with Crippen LogP contribution in [0.2, 0.25) is 0 Å². The van der Waals surface area contributed by atoms with Crippen LogP contribution in [-0.4, -0.2) is 37.1 Å². The van der Waals surface area contributed by atoms with E-state index < -0.39 is 0 Å². The topological polar surface area (TPSA) is 15.3 Å². The van der Waals surface area contributed by atoms with Gasteiger partial charge in [0.1, 0.15) is 0 Å². The molecule has 2 heteroatoms. The van der Waals surface area contributed by atoms with Crippen molar-refractivity contribution in [3.63, 3.8) is 0 Å². The van der Waals surface area contributed by atoms with E-state index in [1.165, 1.54) is 45.2 Å². The molecule has 3 atom stereocenters. The summed E-state index contributed by atoms with van der Waals surface area (Å²) < 4.78 is 0. The lowest BCUT2D eigenvalue weighted by Gasteiger charge is -2.41. The Bertz CT molecular complexity index is 249. The summed E-state index contributed by atoms with van der Waals surface area (Å²) in [4.78, 5) is 2.77. The molecule has 1 saturated carbocycles. The molecular weight excluding hydrogens is 208 g/mol. The van der Waals surface area contributed by atoms with Gasteiger partial charge < -0.3 is 5.32 Å². The highest BCUT2D eigenvalue weighted by Crippen LogP contribution is 2.36. The van der Waals surface area contributed by atoms with E-state index >= 15 is 0 Å². The monoisotopic (exact) mass is 238 g/mol. The molecule has 2 rings (SSSR count). The number of rotatable bonds is 3. The predicted molar refractivity (Wildman–Crippen MR) is 74.2 cm³/mol. The number of nitrogens with zero attached hydrogens (tertiary/aromatic N) is 1. The minimum atomic E-state index is 0.539. The second kappa shape index (κ2) is 5.27. The number of nitrogens with one attached hydrogen (secondary N) is 1. The van der Waals surface area contributed by atoms with Crippen molar-refractivity contribution in [1.82, 2.24) is 10.2 Å². The van der Waals surface area contributed by atoms with Gasteiger partial charge in [-0.1, -0.05) is 27.2 Å². The van der Waals surface area contributed by atoms with Crippen LogP contribution in [0.4, 0.5) is 0 Å². The molecule has 1 N–H and O–H groups in total. The molecule has 0 aromatic heterocycles. The Morgan fingerprint density at radius 2 is 2.06 bits per heavy atom. The van der Waals surface area contributed by atoms with Crippen LogP contribution in [-0.2, 0) is 0 Å². The van der Waals surface area contributed by atoms with E-state index in [2.05, 4.69) is 38.0 Å². The van der Waals surface area contributed by atoms with E-state index in [-0.39, 0.29) is 0 Å². The lowest BCUT2D eigenvalue weighted by atomic mass is 9.80. The highest BCUT2D eigenvalue weighted by Gasteiger charge is 2.38. The second-order valence-corrected chi connectivity index (χ2v) is 6.93. The maximum Gasteiger partial charge on any atom is 0.0252 e. The predicted octanol–water partition coefficient (Wildman–Crippen LogP) is 2.89. The maximum absolute atomic E-state index is 3.56. The summed E-state index contributed by atoms with van der Waals surface area (Å²) in [6, 6.07) is 1.52. The summed E-state index contributed by atoms with van der Waals surface area (Å²) in [7, 11) is 2.14. The quantitative estimate of drug-likeness (QED) is 0.813. The Balaban J connectivity index is 2.00. The van der Waals surface area contributed by atoms with Gasteiger partial charge in [-0.15, -0.1) is 0 Å². The van der Waals surface area contributed by atoms with Crippen molar-refractivity contribution in [2.75, 3.05) is 20.1 Å². The summed E-state index contributed by atoms with van der Waals surface area (Å²) in [5.74, 6) is 0.966. The Labute approximate surface area is 107 Å². The minimum Gasteiger partial charge on any atom is -0.315 e. The average molecular weight is 238 g/mol. The molecule has 3 unspecified atom stereocenters. The van der Waals surface area contributed by atoms with Gasteiger partial charge in [-0.3, -0.25) is 4.90 Å². The van der Waals surface area contributed by atoms with Gasteiger partial charge in [0.05, 0.1) is 0 Å². The lowest BCUT2D eigenvalue weighted by molar-refractivity contribution is 0.111. The molecule has 2 fully saturated rings. The highest BCUT2D eigenvalue weighted by molar-refractivity contribution is 4.95. The minimum absolute atomic E-state index is 0.539. The molecule has 0 aromatic rings. The standard InChI is InChI=1S/C15H30N2/c1-5-12-6-7-13(16-4)14(10-12)17-9-8-15(2,3)11-17/h12-14,16H,5-11H2,1-4H3. The normalized spacial score (nSPS) is 38.5. The zero-order valence-corrected chi connectivity index (χ0v) is 12.1. The van der Waals surface area contributed by atoms with Crippen molar-refractivity contribution in [2.24, 2.45) is 11.3 Å². The van der Waals surface area contributed by atoms with Crippen molar-refractivity contribution in [2.45, 2.75) is 65.0 Å². The molecule has 1 saturated heterocycles. The third-order valence-corrected chi connectivity index (χ3v) is 5.05. The van der Waals surface area contributed by atoms with E-state index in [0.717, 1.165) is 18.0 Å². The third-order valence-electron chi connectivity index (χ3n) is 5.05. The van der Waals surface area contributed by atoms with E-state index in [1.54, 1.807) is 0 Å². The smallest absolute Gasteiger partial charge is 0.0252 e. The maximum atomic E-state index is 3.56. The van der Waals surface area contributed by atoms with Crippen molar-refractivity contribution < 1.29 is 0 Å². The third kappa shape index (κ3) is 3.03. The molecule has 0 spiro atoms. The Morgan fingerprint density at radius 1 is 1.29 bits per heavy atom. The molecule has 1 aliphatic heterocycles. The van der Waals surface area contributed by atoms with E-state index in [0.29, 0.717) is 5.41 Å². The summed E-state index contributed by atoms with van der Waals surface area (Å²) in [5, 5.41) is 3.56. The van der Waals surface area contributed by atoms with Crippen LogP contribution in [0, 0.1) is 11.3 Å². The SMILES string of the molecule is CCC1CCC(NC)C(N2CCC(C)(C)C2)C1. The van der Waals surface area contributed by atoms with Gasteiger partial charge >= 0.3 is 0 Å². The lowest BCUT2D eigenvalue weighted by Crippen LogP contribution is -2.51. The van der Waals surface area contributed by atoms with Crippen molar-refractivity contribution in [3.8, 4) is 0 Å². The highest BCUT2D eigenvalue weighted by atomic mass is 15.2. The summed E-state index contributed by atoms with van der Waals surface area (Å²) in [6.07, 6.45) is 6.95. The molecule has 100 valence electrons. The van der Waals surface area contributed by atoms with Crippen molar-refractivity contribution in [1.29, 1.82) is 0 Å². The number of likely N-dealkylation sites (N-methyl/N-ethyl adjacent to an activating group) is 1. The molecule has 0 bridgehead atoms. The van der Waals surface area contributed by atoms with Crippen LogP contribution >= 0.6 is 0 Å². The first kappa shape index (κ1) is 13.4. The molecule has 0 amide bonds. The van der Waals surface area contributed by atoms with Crippen molar-refractivity contribution >= 4 is 0 Å². The molecule has 0 radical (unpaired) electrons. The van der Waals surface area contributed by atoms with E-state index in [9.17, 15) is 0 Å². The van der Waals surface area contributed by atoms with Crippen LogP contribution in [0.5, 0.6) is 0 Å². The molecule has 1 aliphatic carbocycles. The van der Waals surface area contributed by atoms with Gasteiger partial charge in [0.25, 0.3) is 0 Å². The molecule has 2 aliphatic rings. The van der Waals surface area contributed by atoms with E-state index in [4.69, 9.17) is 0 Å². The molecule has 1 heterocycles. The fraction of sp³-hybridized carbons (Fsp3) is 1.00. The van der Waals surface area contributed by atoms with Gasteiger partial charge in [0.15, 0.2) is 0 Å². The molecule has 2 nitrogen and oxygen atoms in total. The van der Waals surface area contributed by atoms with Crippen LogP contribution < -0.4 is 5.32 Å². The zero-order valence-electron chi connectivity index (χ0n) is 12.1. The first-order valence-corrected chi connectivity index (χ1v) is 7.47. The number of hydrogen-bond donors (Lipinski definition) is 1. The largest absolute Gasteiger partial charge is 0.315 e. The van der Waals surface area contributed by atoms with Crippen LogP contribution in [0.3, 0.4) is 0 Å². The number of hydrogen-bond acceptors (Lipinski definition) is 2. The Kier molecular flexibility index (Phi) is 4.14. The fourth-order valence-electron chi connectivity index (χ4n) is 3.78. The molecule has 0 aromatic carbocycles. The molecule has 17 heavy (non-hydrogen) atoms. The first-order valence-electron chi connectivity index (χ1n) is 7.47. The second-order valence-electron chi connectivity index (χ2n) is 6.93. The molecular formula is C15H30N2. The van der Waals surface area contributed by atoms with Gasteiger partial charge in [-0.2, -0.15) is 0 Å². The van der Waals surface area contributed by atoms with Gasteiger partial charge in [-0.05, 0) is 50.6 Å². The van der Waals surface area contributed by atoms with Crippen molar-refractivity contribution in [3.05, 3.63) is 0 Å². The Hall–Kier alpha value is -0.0800. The van der Waals surface area contributed by atoms with Crippen LogP contribution in [0.25, 0.3) is 0 Å². The average Bonchev–Trinajstić information content (AvgIpc) is 2.68. The van der Waals surface area contributed by atoms with Gasteiger partial charge in [0, 0.05) is 18.6 Å². The summed E-state index contributed by atoms with van der Waals surface area (Å²) in [6.45, 7) is 9.80. The van der Waals surface area contributed by atoms with Crippen LogP contribution in [0.1, 0.15) is 52.9 Å². The van der Waals surface area contributed by atoms with E-state index in [1.807, 2.05) is 0 Å². The summed E-state index contributed by atoms with van der Waals surface area (Å²) >= 11 is 0. The number of likely N-dealkylation sites (tertiary alicyclic amines) is 1. The Morgan fingerprint density at radius 3 is 2.59 bits per heavy atom. The summed E-state index contributed by atoms with van der Waals surface area (Å²) in [5.41, 5.74) is 0.539. The first-order chi connectivity index (χ1) is 8.05. The van der Waals surface area contributed by atoms with Crippen LogP contribution in [0.15, 0.2) is 0 Å². The fourth-order valence-corrected chi connectivity index (χ4v) is 3.78. The van der Waals surface area contributed by atoms with Gasteiger partial charge in [0.2, 0.25) is 0 Å². The zero-order chi connectivity index (χ0) is 12.5.